The fraction of sp³-hybridized carbons (Fsp3) is 0.562. The van der Waals surface area contributed by atoms with E-state index >= 15 is 0 Å². The molecular weight excluding hydrogens is 252 g/mol. The zero-order chi connectivity index (χ0) is 13.9. The van der Waals surface area contributed by atoms with Crippen LogP contribution in [0.3, 0.4) is 0 Å². The summed E-state index contributed by atoms with van der Waals surface area (Å²) in [6, 6.07) is 7.98. The van der Waals surface area contributed by atoms with Crippen molar-refractivity contribution in [2.45, 2.75) is 25.7 Å². The van der Waals surface area contributed by atoms with Crippen molar-refractivity contribution < 1.29 is 9.53 Å². The van der Waals surface area contributed by atoms with Crippen molar-refractivity contribution in [3.8, 4) is 5.75 Å². The van der Waals surface area contributed by atoms with Crippen LogP contribution in [0, 0.1) is 5.92 Å². The van der Waals surface area contributed by atoms with Gasteiger partial charge < -0.3 is 9.64 Å². The van der Waals surface area contributed by atoms with Gasteiger partial charge in [-0.1, -0.05) is 0 Å². The molecule has 20 heavy (non-hydrogen) atoms. The number of urea groups is 1. The minimum atomic E-state index is 0.166. The molecule has 0 spiro atoms. The van der Waals surface area contributed by atoms with Crippen LogP contribution in [-0.4, -0.2) is 37.7 Å². The first-order valence-corrected chi connectivity index (χ1v) is 7.48. The Morgan fingerprint density at radius 3 is 2.45 bits per heavy atom. The van der Waals surface area contributed by atoms with Crippen LogP contribution in [0.1, 0.15) is 25.7 Å². The highest BCUT2D eigenvalue weighted by atomic mass is 16.5. The molecule has 1 saturated carbocycles. The molecule has 3 rings (SSSR count). The van der Waals surface area contributed by atoms with E-state index in [2.05, 4.69) is 0 Å². The first-order valence-electron chi connectivity index (χ1n) is 7.48. The average molecular weight is 274 g/mol. The lowest BCUT2D eigenvalue weighted by Gasteiger charge is -2.28. The zero-order valence-corrected chi connectivity index (χ0v) is 12.0. The van der Waals surface area contributed by atoms with E-state index in [-0.39, 0.29) is 6.03 Å². The number of amides is 2. The summed E-state index contributed by atoms with van der Waals surface area (Å²) in [6.45, 7) is 2.65. The van der Waals surface area contributed by atoms with Crippen LogP contribution >= 0.6 is 0 Å². The van der Waals surface area contributed by atoms with Gasteiger partial charge in [0.05, 0.1) is 7.11 Å². The van der Waals surface area contributed by atoms with E-state index in [0.29, 0.717) is 5.92 Å². The number of carbonyl (C=O) groups excluding carboxylic acids is 1. The maximum atomic E-state index is 12.7. The van der Waals surface area contributed by atoms with Crippen LogP contribution in [0.15, 0.2) is 24.3 Å². The predicted octanol–water partition coefficient (Wildman–Crippen LogP) is 3.13. The lowest BCUT2D eigenvalue weighted by atomic mass is 10.2. The fourth-order valence-corrected chi connectivity index (χ4v) is 2.69. The Labute approximate surface area is 120 Å². The second-order valence-corrected chi connectivity index (χ2v) is 5.73. The van der Waals surface area contributed by atoms with Crippen LogP contribution in [-0.2, 0) is 0 Å². The molecule has 1 aromatic rings. The molecule has 0 unspecified atom stereocenters. The molecule has 1 aromatic carbocycles. The molecule has 1 aliphatic heterocycles. The van der Waals surface area contributed by atoms with Gasteiger partial charge >= 0.3 is 6.03 Å². The number of rotatable bonds is 4. The van der Waals surface area contributed by atoms with Gasteiger partial charge in [0.2, 0.25) is 0 Å². The van der Waals surface area contributed by atoms with E-state index in [0.717, 1.165) is 43.9 Å². The quantitative estimate of drug-likeness (QED) is 0.845. The molecular formula is C16H22N2O2. The second kappa shape index (κ2) is 5.73. The number of benzene rings is 1. The monoisotopic (exact) mass is 274 g/mol. The van der Waals surface area contributed by atoms with Crippen molar-refractivity contribution >= 4 is 11.7 Å². The van der Waals surface area contributed by atoms with Crippen molar-refractivity contribution in [2.75, 3.05) is 31.6 Å². The minimum Gasteiger partial charge on any atom is -0.497 e. The molecule has 108 valence electrons. The van der Waals surface area contributed by atoms with Crippen LogP contribution in [0.4, 0.5) is 10.5 Å². The summed E-state index contributed by atoms with van der Waals surface area (Å²) in [5, 5.41) is 0. The van der Waals surface area contributed by atoms with Crippen LogP contribution in [0.25, 0.3) is 0 Å². The van der Waals surface area contributed by atoms with Gasteiger partial charge in [0.1, 0.15) is 5.75 Å². The van der Waals surface area contributed by atoms with Gasteiger partial charge in [-0.15, -0.1) is 0 Å². The highest BCUT2D eigenvalue weighted by molar-refractivity contribution is 5.92. The summed E-state index contributed by atoms with van der Waals surface area (Å²) in [6.07, 6.45) is 4.76. The third-order valence-electron chi connectivity index (χ3n) is 4.13. The van der Waals surface area contributed by atoms with E-state index < -0.39 is 0 Å². The summed E-state index contributed by atoms with van der Waals surface area (Å²) in [5.74, 6) is 1.51. The van der Waals surface area contributed by atoms with Gasteiger partial charge in [0.25, 0.3) is 0 Å². The molecule has 2 fully saturated rings. The first kappa shape index (κ1) is 13.3. The highest BCUT2D eigenvalue weighted by Gasteiger charge is 2.30. The Morgan fingerprint density at radius 2 is 1.90 bits per heavy atom. The molecule has 2 aliphatic rings. The largest absolute Gasteiger partial charge is 0.497 e. The number of nitrogens with zero attached hydrogens (tertiary/aromatic N) is 2. The molecule has 0 aromatic heterocycles. The van der Waals surface area contributed by atoms with Gasteiger partial charge in [-0.2, -0.15) is 0 Å². The van der Waals surface area contributed by atoms with Crippen molar-refractivity contribution in [2.24, 2.45) is 5.92 Å². The molecule has 4 nitrogen and oxygen atoms in total. The third kappa shape index (κ3) is 2.89. The Bertz CT molecular complexity index is 462. The molecule has 1 saturated heterocycles. The van der Waals surface area contributed by atoms with Crippen molar-refractivity contribution in [1.29, 1.82) is 0 Å². The number of likely N-dealkylation sites (tertiary alicyclic amines) is 1. The summed E-state index contributed by atoms with van der Waals surface area (Å²) in [7, 11) is 1.66. The van der Waals surface area contributed by atoms with Gasteiger partial charge in [-0.3, -0.25) is 4.90 Å². The summed E-state index contributed by atoms with van der Waals surface area (Å²) in [4.78, 5) is 16.6. The average Bonchev–Trinajstić information content (AvgIpc) is 3.14. The zero-order valence-electron chi connectivity index (χ0n) is 12.0. The number of methoxy groups -OCH3 is 1. The number of hydrogen-bond acceptors (Lipinski definition) is 2. The highest BCUT2D eigenvalue weighted by Crippen LogP contribution is 2.32. The van der Waals surface area contributed by atoms with Gasteiger partial charge in [-0.25, -0.2) is 4.79 Å². The fourth-order valence-electron chi connectivity index (χ4n) is 2.69. The lowest BCUT2D eigenvalue weighted by Crippen LogP contribution is -2.43. The molecule has 2 amide bonds. The van der Waals surface area contributed by atoms with E-state index in [1.807, 2.05) is 34.1 Å². The van der Waals surface area contributed by atoms with Crippen LogP contribution < -0.4 is 9.64 Å². The molecule has 4 heteroatoms. The Morgan fingerprint density at radius 1 is 1.25 bits per heavy atom. The summed E-state index contributed by atoms with van der Waals surface area (Å²) < 4.78 is 5.19. The Balaban J connectivity index is 1.78. The SMILES string of the molecule is COc1ccc(N(CC2CC2)C(=O)N2CCCC2)cc1. The second-order valence-electron chi connectivity index (χ2n) is 5.73. The minimum absolute atomic E-state index is 0.166. The smallest absolute Gasteiger partial charge is 0.324 e. The Kier molecular flexibility index (Phi) is 3.81. The maximum Gasteiger partial charge on any atom is 0.324 e. The van der Waals surface area contributed by atoms with Gasteiger partial charge in [-0.05, 0) is 55.9 Å². The molecule has 0 N–H and O–H groups in total. The lowest BCUT2D eigenvalue weighted by molar-refractivity contribution is 0.215. The number of ether oxygens (including phenoxy) is 1. The van der Waals surface area contributed by atoms with Crippen molar-refractivity contribution in [1.82, 2.24) is 4.90 Å². The van der Waals surface area contributed by atoms with E-state index in [9.17, 15) is 4.79 Å². The molecule has 0 atom stereocenters. The van der Waals surface area contributed by atoms with Crippen molar-refractivity contribution in [3.63, 3.8) is 0 Å². The third-order valence-corrected chi connectivity index (χ3v) is 4.13. The summed E-state index contributed by atoms with van der Waals surface area (Å²) in [5.41, 5.74) is 0.981. The first-order chi connectivity index (χ1) is 9.78. The summed E-state index contributed by atoms with van der Waals surface area (Å²) >= 11 is 0. The Hall–Kier alpha value is -1.71. The maximum absolute atomic E-state index is 12.7. The molecule has 0 radical (unpaired) electrons. The molecule has 1 heterocycles. The van der Waals surface area contributed by atoms with Gasteiger partial charge in [0, 0.05) is 25.3 Å². The predicted molar refractivity (Wildman–Crippen MR) is 79.3 cm³/mol. The normalized spacial score (nSPS) is 18.1. The van der Waals surface area contributed by atoms with Crippen molar-refractivity contribution in [3.05, 3.63) is 24.3 Å². The van der Waals surface area contributed by atoms with Gasteiger partial charge in [0.15, 0.2) is 0 Å². The van der Waals surface area contributed by atoms with Crippen LogP contribution in [0.5, 0.6) is 5.75 Å². The van der Waals surface area contributed by atoms with E-state index in [1.54, 1.807) is 7.11 Å². The number of anilines is 1. The van der Waals surface area contributed by atoms with E-state index in [1.165, 1.54) is 12.8 Å². The van der Waals surface area contributed by atoms with E-state index in [4.69, 9.17) is 4.74 Å². The molecule has 1 aliphatic carbocycles. The molecule has 0 bridgehead atoms. The topological polar surface area (TPSA) is 32.8 Å². The number of hydrogen-bond donors (Lipinski definition) is 0. The van der Waals surface area contributed by atoms with Crippen LogP contribution in [0.2, 0.25) is 0 Å². The number of carbonyl (C=O) groups is 1. The standard InChI is InChI=1S/C16H22N2O2/c1-20-15-8-6-14(7-9-15)18(12-13-4-5-13)16(19)17-10-2-3-11-17/h6-9,13H,2-5,10-12H2,1H3.